The van der Waals surface area contributed by atoms with E-state index in [0.717, 1.165) is 42.9 Å². The van der Waals surface area contributed by atoms with E-state index in [2.05, 4.69) is 41.1 Å². The number of nitrogens with zero attached hydrogens (tertiary/aromatic N) is 2. The van der Waals surface area contributed by atoms with Crippen molar-refractivity contribution in [2.24, 2.45) is 0 Å². The maximum absolute atomic E-state index is 12.4. The lowest BCUT2D eigenvalue weighted by Gasteiger charge is -2.46. The summed E-state index contributed by atoms with van der Waals surface area (Å²) in [5.41, 5.74) is 1.85. The van der Waals surface area contributed by atoms with Crippen LogP contribution in [0.2, 0.25) is 0 Å². The highest BCUT2D eigenvalue weighted by atomic mass is 16.3. The van der Waals surface area contributed by atoms with E-state index in [9.17, 15) is 5.11 Å². The van der Waals surface area contributed by atoms with Gasteiger partial charge in [-0.05, 0) is 23.7 Å². The van der Waals surface area contributed by atoms with E-state index in [1.54, 1.807) is 0 Å². The van der Waals surface area contributed by atoms with Crippen molar-refractivity contribution >= 4 is 0 Å². The molecule has 144 valence electrons. The van der Waals surface area contributed by atoms with Crippen LogP contribution in [-0.2, 0) is 5.60 Å². The van der Waals surface area contributed by atoms with Crippen molar-refractivity contribution in [1.29, 1.82) is 0 Å². The zero-order valence-electron chi connectivity index (χ0n) is 16.4. The Hall–Kier alpha value is -2.46. The minimum Gasteiger partial charge on any atom is -0.378 e. The lowest BCUT2D eigenvalue weighted by atomic mass is 9.76. The highest BCUT2D eigenvalue weighted by molar-refractivity contribution is 5.41. The van der Waals surface area contributed by atoms with Crippen LogP contribution in [0.1, 0.15) is 22.7 Å². The molecule has 0 radical (unpaired) electrons. The zero-order chi connectivity index (χ0) is 19.4. The Labute approximate surface area is 167 Å². The standard InChI is InChI=1S/C25H28N2O/c1-26-17-19-27(20-18-26)24(21-11-5-2-6-12-21)25(28,22-13-7-3-8-14-22)23-15-9-4-10-16-23/h2-16,24,28H,17-20H2,1H3/t24-/m1/s1. The van der Waals surface area contributed by atoms with Gasteiger partial charge in [-0.2, -0.15) is 0 Å². The number of rotatable bonds is 5. The Morgan fingerprint density at radius 2 is 1.11 bits per heavy atom. The predicted octanol–water partition coefficient (Wildman–Crippen LogP) is 3.91. The van der Waals surface area contributed by atoms with Crippen LogP contribution in [0, 0.1) is 0 Å². The van der Waals surface area contributed by atoms with E-state index in [-0.39, 0.29) is 6.04 Å². The molecule has 3 aromatic carbocycles. The molecule has 0 amide bonds. The molecule has 1 saturated heterocycles. The summed E-state index contributed by atoms with van der Waals surface area (Å²) in [5.74, 6) is 0. The van der Waals surface area contributed by atoms with Gasteiger partial charge < -0.3 is 10.0 Å². The second-order valence-corrected chi connectivity index (χ2v) is 7.65. The quantitative estimate of drug-likeness (QED) is 0.736. The average molecular weight is 373 g/mol. The molecule has 4 rings (SSSR count). The molecule has 0 unspecified atom stereocenters. The molecule has 3 nitrogen and oxygen atoms in total. The maximum atomic E-state index is 12.4. The van der Waals surface area contributed by atoms with Crippen LogP contribution in [0.25, 0.3) is 0 Å². The van der Waals surface area contributed by atoms with Crippen LogP contribution in [0.15, 0.2) is 91.0 Å². The number of hydrogen-bond acceptors (Lipinski definition) is 3. The topological polar surface area (TPSA) is 26.7 Å². The van der Waals surface area contributed by atoms with Crippen molar-refractivity contribution in [3.8, 4) is 0 Å². The summed E-state index contributed by atoms with van der Waals surface area (Å²) in [6.45, 7) is 3.86. The fourth-order valence-electron chi connectivity index (χ4n) is 4.30. The molecule has 3 aromatic rings. The lowest BCUT2D eigenvalue weighted by molar-refractivity contribution is -0.0373. The number of benzene rings is 3. The molecule has 0 spiro atoms. The van der Waals surface area contributed by atoms with Crippen molar-refractivity contribution in [1.82, 2.24) is 9.80 Å². The molecule has 1 atom stereocenters. The normalized spacial score (nSPS) is 17.4. The third-order valence-corrected chi connectivity index (χ3v) is 5.84. The molecule has 0 bridgehead atoms. The van der Waals surface area contributed by atoms with Crippen LogP contribution in [-0.4, -0.2) is 48.1 Å². The molecule has 1 aliphatic rings. The van der Waals surface area contributed by atoms with E-state index in [1.807, 2.05) is 66.7 Å². The van der Waals surface area contributed by atoms with E-state index in [1.165, 1.54) is 0 Å². The largest absolute Gasteiger partial charge is 0.378 e. The van der Waals surface area contributed by atoms with Crippen molar-refractivity contribution in [3.05, 3.63) is 108 Å². The van der Waals surface area contributed by atoms with Gasteiger partial charge in [0, 0.05) is 26.2 Å². The molecule has 1 fully saturated rings. The van der Waals surface area contributed by atoms with Crippen LogP contribution >= 0.6 is 0 Å². The predicted molar refractivity (Wildman–Crippen MR) is 114 cm³/mol. The van der Waals surface area contributed by atoms with Gasteiger partial charge in [-0.3, -0.25) is 4.90 Å². The molecule has 1 aliphatic heterocycles. The Morgan fingerprint density at radius 3 is 1.57 bits per heavy atom. The summed E-state index contributed by atoms with van der Waals surface area (Å²) < 4.78 is 0. The second kappa shape index (κ2) is 8.27. The van der Waals surface area contributed by atoms with Crippen LogP contribution < -0.4 is 0 Å². The summed E-state index contributed by atoms with van der Waals surface area (Å²) >= 11 is 0. The van der Waals surface area contributed by atoms with Crippen LogP contribution in [0.4, 0.5) is 0 Å². The van der Waals surface area contributed by atoms with Crippen molar-refractivity contribution in [2.45, 2.75) is 11.6 Å². The summed E-state index contributed by atoms with van der Waals surface area (Å²) in [5, 5.41) is 12.4. The Bertz CT molecular complexity index is 819. The van der Waals surface area contributed by atoms with Gasteiger partial charge in [0.2, 0.25) is 0 Å². The number of likely N-dealkylation sites (N-methyl/N-ethyl adjacent to an activating group) is 1. The summed E-state index contributed by atoms with van der Waals surface area (Å²) in [6, 6.07) is 30.5. The molecule has 0 aromatic heterocycles. The van der Waals surface area contributed by atoms with Gasteiger partial charge in [0.25, 0.3) is 0 Å². The smallest absolute Gasteiger partial charge is 0.134 e. The lowest BCUT2D eigenvalue weighted by Crippen LogP contribution is -2.52. The minimum atomic E-state index is -1.14. The van der Waals surface area contributed by atoms with Gasteiger partial charge in [-0.25, -0.2) is 0 Å². The van der Waals surface area contributed by atoms with E-state index in [4.69, 9.17) is 0 Å². The third-order valence-electron chi connectivity index (χ3n) is 5.84. The van der Waals surface area contributed by atoms with E-state index >= 15 is 0 Å². The van der Waals surface area contributed by atoms with Gasteiger partial charge in [-0.15, -0.1) is 0 Å². The third kappa shape index (κ3) is 3.61. The van der Waals surface area contributed by atoms with Crippen molar-refractivity contribution in [2.75, 3.05) is 33.2 Å². The highest BCUT2D eigenvalue weighted by Crippen LogP contribution is 2.44. The highest BCUT2D eigenvalue weighted by Gasteiger charge is 2.44. The molecular weight excluding hydrogens is 344 g/mol. The van der Waals surface area contributed by atoms with E-state index in [0.29, 0.717) is 0 Å². The van der Waals surface area contributed by atoms with Gasteiger partial charge in [0.05, 0.1) is 6.04 Å². The van der Waals surface area contributed by atoms with Crippen molar-refractivity contribution in [3.63, 3.8) is 0 Å². The molecule has 1 heterocycles. The fourth-order valence-corrected chi connectivity index (χ4v) is 4.30. The van der Waals surface area contributed by atoms with Crippen LogP contribution in [0.5, 0.6) is 0 Å². The van der Waals surface area contributed by atoms with Crippen molar-refractivity contribution < 1.29 is 5.11 Å². The molecule has 3 heteroatoms. The first-order valence-corrected chi connectivity index (χ1v) is 10.0. The molecule has 0 aliphatic carbocycles. The van der Waals surface area contributed by atoms with Gasteiger partial charge >= 0.3 is 0 Å². The Kier molecular flexibility index (Phi) is 5.58. The monoisotopic (exact) mass is 372 g/mol. The van der Waals surface area contributed by atoms with Gasteiger partial charge in [0.15, 0.2) is 0 Å². The molecular formula is C25H28N2O. The summed E-state index contributed by atoms with van der Waals surface area (Å²) in [7, 11) is 2.16. The molecule has 1 N–H and O–H groups in total. The number of hydrogen-bond donors (Lipinski definition) is 1. The minimum absolute atomic E-state index is 0.160. The first kappa shape index (κ1) is 18.9. The van der Waals surface area contributed by atoms with Gasteiger partial charge in [0.1, 0.15) is 5.60 Å². The first-order valence-electron chi connectivity index (χ1n) is 10.0. The number of piperazine rings is 1. The SMILES string of the molecule is CN1CCN([C@H](c2ccccc2)C(O)(c2ccccc2)c2ccccc2)CC1. The molecule has 28 heavy (non-hydrogen) atoms. The summed E-state index contributed by atoms with van der Waals surface area (Å²) in [4.78, 5) is 4.79. The van der Waals surface area contributed by atoms with Gasteiger partial charge in [-0.1, -0.05) is 91.0 Å². The molecule has 0 saturated carbocycles. The average Bonchev–Trinajstić information content (AvgIpc) is 2.77. The van der Waals surface area contributed by atoms with Crippen LogP contribution in [0.3, 0.4) is 0 Å². The fraction of sp³-hybridized carbons (Fsp3) is 0.280. The Balaban J connectivity index is 1.89. The zero-order valence-corrected chi connectivity index (χ0v) is 16.4. The second-order valence-electron chi connectivity index (χ2n) is 7.65. The Morgan fingerprint density at radius 1 is 0.679 bits per heavy atom. The summed E-state index contributed by atoms with van der Waals surface area (Å²) in [6.07, 6.45) is 0. The first-order chi connectivity index (χ1) is 13.7. The van der Waals surface area contributed by atoms with E-state index < -0.39 is 5.60 Å². The maximum Gasteiger partial charge on any atom is 0.134 e. The number of aliphatic hydroxyl groups is 1.